The summed E-state index contributed by atoms with van der Waals surface area (Å²) in [6.07, 6.45) is 1.74. The molecule has 0 fully saturated rings. The molecule has 1 heterocycles. The number of aryl methyl sites for hydroxylation is 1. The highest BCUT2D eigenvalue weighted by atomic mass is 16.5. The molecule has 100 valence electrons. The van der Waals surface area contributed by atoms with Gasteiger partial charge in [-0.3, -0.25) is 4.68 Å². The molecule has 0 saturated carbocycles. The van der Waals surface area contributed by atoms with Gasteiger partial charge in [0.2, 0.25) is 0 Å². The van der Waals surface area contributed by atoms with E-state index in [1.165, 1.54) is 6.07 Å². The Morgan fingerprint density at radius 1 is 1.42 bits per heavy atom. The molecular formula is C14H16N2O3. The van der Waals surface area contributed by atoms with E-state index in [1.54, 1.807) is 25.4 Å². The van der Waals surface area contributed by atoms with Gasteiger partial charge >= 0.3 is 5.97 Å². The van der Waals surface area contributed by atoms with Crippen molar-refractivity contribution >= 4 is 5.97 Å². The zero-order valence-electron chi connectivity index (χ0n) is 11.2. The third-order valence-electron chi connectivity index (χ3n) is 3.14. The van der Waals surface area contributed by atoms with Crippen molar-refractivity contribution in [1.82, 2.24) is 9.78 Å². The molecule has 1 aromatic carbocycles. The fraction of sp³-hybridized carbons (Fsp3) is 0.286. The predicted octanol–water partition coefficient (Wildman–Crippen LogP) is 2.59. The molecule has 0 aliphatic heterocycles. The van der Waals surface area contributed by atoms with Gasteiger partial charge in [-0.05, 0) is 32.0 Å². The molecule has 5 nitrogen and oxygen atoms in total. The van der Waals surface area contributed by atoms with Gasteiger partial charge < -0.3 is 9.84 Å². The molecule has 0 spiro atoms. The number of carbonyl (C=O) groups is 1. The Morgan fingerprint density at radius 3 is 2.68 bits per heavy atom. The van der Waals surface area contributed by atoms with Crippen LogP contribution in [0.25, 0.3) is 11.1 Å². The van der Waals surface area contributed by atoms with Crippen LogP contribution in [0.4, 0.5) is 0 Å². The summed E-state index contributed by atoms with van der Waals surface area (Å²) in [4.78, 5) is 11.1. The normalized spacial score (nSPS) is 10.5. The van der Waals surface area contributed by atoms with Crippen LogP contribution in [0.1, 0.15) is 23.0 Å². The number of aromatic nitrogens is 2. The van der Waals surface area contributed by atoms with E-state index in [0.29, 0.717) is 5.75 Å². The number of nitrogens with zero attached hydrogens (tertiary/aromatic N) is 2. The summed E-state index contributed by atoms with van der Waals surface area (Å²) in [5.41, 5.74) is 2.86. The zero-order valence-corrected chi connectivity index (χ0v) is 11.2. The maximum Gasteiger partial charge on any atom is 0.335 e. The first-order chi connectivity index (χ1) is 9.08. The van der Waals surface area contributed by atoms with E-state index in [1.807, 2.05) is 18.5 Å². The molecule has 2 rings (SSSR count). The summed E-state index contributed by atoms with van der Waals surface area (Å²) in [6, 6.07) is 4.82. The molecule has 0 aliphatic rings. The molecular weight excluding hydrogens is 244 g/mol. The third-order valence-corrected chi connectivity index (χ3v) is 3.14. The lowest BCUT2D eigenvalue weighted by atomic mass is 10.0. The van der Waals surface area contributed by atoms with Crippen molar-refractivity contribution in [3.05, 3.63) is 35.7 Å². The van der Waals surface area contributed by atoms with Gasteiger partial charge in [0.25, 0.3) is 0 Å². The van der Waals surface area contributed by atoms with Gasteiger partial charge in [0.05, 0.1) is 18.9 Å². The maximum atomic E-state index is 11.1. The number of carboxylic acids is 1. The van der Waals surface area contributed by atoms with Crippen LogP contribution in [-0.4, -0.2) is 28.0 Å². The number of aromatic carboxylic acids is 1. The number of carboxylic acid groups (broad SMARTS) is 1. The van der Waals surface area contributed by atoms with Gasteiger partial charge in [-0.1, -0.05) is 0 Å². The monoisotopic (exact) mass is 260 g/mol. The predicted molar refractivity (Wildman–Crippen MR) is 71.6 cm³/mol. The van der Waals surface area contributed by atoms with Crippen LogP contribution in [0, 0.1) is 6.92 Å². The number of benzene rings is 1. The van der Waals surface area contributed by atoms with E-state index < -0.39 is 5.97 Å². The third kappa shape index (κ3) is 2.31. The van der Waals surface area contributed by atoms with Crippen LogP contribution in [0.2, 0.25) is 0 Å². The van der Waals surface area contributed by atoms with Gasteiger partial charge in [-0.15, -0.1) is 0 Å². The van der Waals surface area contributed by atoms with Crippen molar-refractivity contribution < 1.29 is 14.6 Å². The molecule has 0 saturated heterocycles. The average Bonchev–Trinajstić information content (AvgIpc) is 2.78. The molecule has 2 aromatic rings. The summed E-state index contributed by atoms with van der Waals surface area (Å²) < 4.78 is 7.17. The van der Waals surface area contributed by atoms with Crippen LogP contribution in [-0.2, 0) is 6.54 Å². The second-order valence-corrected chi connectivity index (χ2v) is 4.18. The second-order valence-electron chi connectivity index (χ2n) is 4.18. The molecule has 0 aliphatic carbocycles. The minimum Gasteiger partial charge on any atom is -0.496 e. The van der Waals surface area contributed by atoms with Crippen LogP contribution >= 0.6 is 0 Å². The number of rotatable bonds is 4. The quantitative estimate of drug-likeness (QED) is 0.917. The van der Waals surface area contributed by atoms with E-state index >= 15 is 0 Å². The smallest absolute Gasteiger partial charge is 0.335 e. The van der Waals surface area contributed by atoms with Gasteiger partial charge in [-0.2, -0.15) is 5.10 Å². The minimum atomic E-state index is -0.954. The van der Waals surface area contributed by atoms with Crippen LogP contribution in [0.3, 0.4) is 0 Å². The maximum absolute atomic E-state index is 11.1. The molecule has 0 radical (unpaired) electrons. The molecule has 1 aromatic heterocycles. The zero-order chi connectivity index (χ0) is 14.0. The number of ether oxygens (including phenoxy) is 1. The van der Waals surface area contributed by atoms with Gasteiger partial charge in [0, 0.05) is 23.4 Å². The van der Waals surface area contributed by atoms with E-state index in [-0.39, 0.29) is 5.56 Å². The average molecular weight is 260 g/mol. The fourth-order valence-electron chi connectivity index (χ4n) is 2.08. The Hall–Kier alpha value is -2.30. The SMILES string of the molecule is CCn1ncc(-c2cc(C(=O)O)ccc2OC)c1C. The van der Waals surface area contributed by atoms with Crippen molar-refractivity contribution in [3.8, 4) is 16.9 Å². The lowest BCUT2D eigenvalue weighted by Crippen LogP contribution is -2.00. The Labute approximate surface area is 111 Å². The number of methoxy groups -OCH3 is 1. The Bertz CT molecular complexity index is 617. The van der Waals surface area contributed by atoms with Crippen LogP contribution in [0.5, 0.6) is 5.75 Å². The van der Waals surface area contributed by atoms with Crippen molar-refractivity contribution in [3.63, 3.8) is 0 Å². The Morgan fingerprint density at radius 2 is 2.16 bits per heavy atom. The van der Waals surface area contributed by atoms with E-state index in [9.17, 15) is 4.79 Å². The summed E-state index contributed by atoms with van der Waals surface area (Å²) in [7, 11) is 1.57. The van der Waals surface area contributed by atoms with Gasteiger partial charge in [0.1, 0.15) is 5.75 Å². The summed E-state index contributed by atoms with van der Waals surface area (Å²) in [5, 5.41) is 13.4. The highest BCUT2D eigenvalue weighted by Gasteiger charge is 2.15. The first kappa shape index (κ1) is 13.1. The molecule has 0 unspecified atom stereocenters. The summed E-state index contributed by atoms with van der Waals surface area (Å²) in [5.74, 6) is -0.312. The summed E-state index contributed by atoms with van der Waals surface area (Å²) >= 11 is 0. The first-order valence-corrected chi connectivity index (χ1v) is 6.02. The molecule has 0 amide bonds. The molecule has 0 atom stereocenters. The Balaban J connectivity index is 2.61. The molecule has 1 N–H and O–H groups in total. The lowest BCUT2D eigenvalue weighted by Gasteiger charge is -2.09. The van der Waals surface area contributed by atoms with Crippen LogP contribution < -0.4 is 4.74 Å². The lowest BCUT2D eigenvalue weighted by molar-refractivity contribution is 0.0697. The van der Waals surface area contributed by atoms with Gasteiger partial charge in [0.15, 0.2) is 0 Å². The van der Waals surface area contributed by atoms with E-state index in [4.69, 9.17) is 9.84 Å². The highest BCUT2D eigenvalue weighted by molar-refractivity contribution is 5.90. The largest absolute Gasteiger partial charge is 0.496 e. The van der Waals surface area contributed by atoms with Crippen molar-refractivity contribution in [1.29, 1.82) is 0 Å². The van der Waals surface area contributed by atoms with E-state index in [0.717, 1.165) is 23.4 Å². The standard InChI is InChI=1S/C14H16N2O3/c1-4-16-9(2)12(8-15-16)11-7-10(14(17)18)5-6-13(11)19-3/h5-8H,4H2,1-3H3,(H,17,18). The van der Waals surface area contributed by atoms with Crippen molar-refractivity contribution in [2.75, 3.05) is 7.11 Å². The van der Waals surface area contributed by atoms with Crippen molar-refractivity contribution in [2.45, 2.75) is 20.4 Å². The Kier molecular flexibility index (Phi) is 3.55. The highest BCUT2D eigenvalue weighted by Crippen LogP contribution is 2.33. The molecule has 0 bridgehead atoms. The molecule has 5 heteroatoms. The fourth-order valence-corrected chi connectivity index (χ4v) is 2.08. The number of hydrogen-bond acceptors (Lipinski definition) is 3. The molecule has 19 heavy (non-hydrogen) atoms. The summed E-state index contributed by atoms with van der Waals surface area (Å²) in [6.45, 7) is 4.74. The topological polar surface area (TPSA) is 64.4 Å². The van der Waals surface area contributed by atoms with Gasteiger partial charge in [-0.25, -0.2) is 4.79 Å². The van der Waals surface area contributed by atoms with Crippen molar-refractivity contribution in [2.24, 2.45) is 0 Å². The number of hydrogen-bond donors (Lipinski definition) is 1. The van der Waals surface area contributed by atoms with Crippen LogP contribution in [0.15, 0.2) is 24.4 Å². The van der Waals surface area contributed by atoms with E-state index in [2.05, 4.69) is 5.10 Å². The minimum absolute atomic E-state index is 0.236. The first-order valence-electron chi connectivity index (χ1n) is 6.02. The second kappa shape index (κ2) is 5.14.